The Bertz CT molecular complexity index is 1210. The number of nitrogens with zero attached hydrogens (tertiary/aromatic N) is 5. The lowest BCUT2D eigenvalue weighted by Gasteiger charge is -2.26. The molecule has 0 spiro atoms. The van der Waals surface area contributed by atoms with Crippen molar-refractivity contribution in [2.75, 3.05) is 33.8 Å². The van der Waals surface area contributed by atoms with Gasteiger partial charge >= 0.3 is 12.3 Å². The number of hydrogen-bond donors (Lipinski definition) is 0. The smallest absolute Gasteiger partial charge is 0.421 e. The summed E-state index contributed by atoms with van der Waals surface area (Å²) in [4.78, 5) is 28.5. The number of ether oxygens (including phenoxy) is 2. The average molecular weight is 570 g/mol. The molecule has 0 aliphatic carbocycles. The molecule has 0 N–H and O–H groups in total. The fourth-order valence-corrected chi connectivity index (χ4v) is 4.49. The minimum atomic E-state index is -4.80. The zero-order valence-electron chi connectivity index (χ0n) is 24.5. The number of carbonyl (C=O) groups is 1. The highest BCUT2D eigenvalue weighted by Gasteiger charge is 2.36. The van der Waals surface area contributed by atoms with Crippen molar-refractivity contribution in [2.45, 2.75) is 85.0 Å². The number of alkyl halides is 3. The Balaban J connectivity index is 1.94. The van der Waals surface area contributed by atoms with Gasteiger partial charge in [-0.2, -0.15) is 18.3 Å². The molecule has 2 aromatic heterocycles. The molecule has 1 amide bonds. The first-order valence-electron chi connectivity index (χ1n) is 13.7. The summed E-state index contributed by atoms with van der Waals surface area (Å²) < 4.78 is 55.8. The monoisotopic (exact) mass is 569 g/mol. The van der Waals surface area contributed by atoms with E-state index in [1.54, 1.807) is 32.5 Å². The van der Waals surface area contributed by atoms with Crippen LogP contribution in [0.4, 0.5) is 18.0 Å². The molecular formula is C28H42F3N5O4. The Morgan fingerprint density at radius 2 is 1.88 bits per heavy atom. The molecule has 1 saturated heterocycles. The molecule has 12 heteroatoms. The Morgan fingerprint density at radius 1 is 1.18 bits per heavy atom. The van der Waals surface area contributed by atoms with Crippen LogP contribution in [-0.4, -0.2) is 69.6 Å². The van der Waals surface area contributed by atoms with Crippen molar-refractivity contribution >= 4 is 6.09 Å². The normalized spacial score (nSPS) is 16.6. The molecule has 0 bridgehead atoms. The van der Waals surface area contributed by atoms with Crippen LogP contribution in [0.25, 0.3) is 11.3 Å². The van der Waals surface area contributed by atoms with Crippen LogP contribution < -0.4 is 5.56 Å². The highest BCUT2D eigenvalue weighted by atomic mass is 19.4. The lowest BCUT2D eigenvalue weighted by atomic mass is 10.1. The fourth-order valence-electron chi connectivity index (χ4n) is 4.49. The van der Waals surface area contributed by atoms with Gasteiger partial charge in [0.2, 0.25) is 0 Å². The van der Waals surface area contributed by atoms with E-state index < -0.39 is 29.0 Å². The number of pyridine rings is 1. The lowest BCUT2D eigenvalue weighted by molar-refractivity contribution is -0.139. The number of halogens is 3. The molecule has 1 aliphatic rings. The van der Waals surface area contributed by atoms with Gasteiger partial charge in [0.25, 0.3) is 5.56 Å². The van der Waals surface area contributed by atoms with Crippen molar-refractivity contribution in [1.82, 2.24) is 24.1 Å². The van der Waals surface area contributed by atoms with E-state index in [1.165, 1.54) is 11.1 Å². The van der Waals surface area contributed by atoms with Crippen molar-refractivity contribution in [2.24, 2.45) is 5.92 Å². The molecule has 0 radical (unpaired) electrons. The van der Waals surface area contributed by atoms with Crippen LogP contribution in [0.15, 0.2) is 23.3 Å². The van der Waals surface area contributed by atoms with Crippen LogP contribution in [0, 0.1) is 5.92 Å². The molecule has 3 heterocycles. The van der Waals surface area contributed by atoms with E-state index in [4.69, 9.17) is 14.6 Å². The van der Waals surface area contributed by atoms with Crippen molar-refractivity contribution in [3.63, 3.8) is 0 Å². The van der Waals surface area contributed by atoms with Gasteiger partial charge in [-0.05, 0) is 59.1 Å². The van der Waals surface area contributed by atoms with E-state index in [2.05, 4.69) is 0 Å². The predicted molar refractivity (Wildman–Crippen MR) is 146 cm³/mol. The molecule has 3 rings (SSSR count). The number of carbonyl (C=O) groups excluding carboxylic acids is 1. The van der Waals surface area contributed by atoms with E-state index in [9.17, 15) is 22.8 Å². The zero-order valence-corrected chi connectivity index (χ0v) is 24.5. The van der Waals surface area contributed by atoms with Crippen molar-refractivity contribution < 1.29 is 27.4 Å². The number of rotatable bonds is 9. The number of amides is 1. The van der Waals surface area contributed by atoms with Crippen LogP contribution in [0.1, 0.15) is 71.2 Å². The van der Waals surface area contributed by atoms with Gasteiger partial charge in [-0.25, -0.2) is 9.48 Å². The van der Waals surface area contributed by atoms with Crippen LogP contribution in [0.5, 0.6) is 0 Å². The van der Waals surface area contributed by atoms with E-state index in [1.807, 2.05) is 32.0 Å². The minimum Gasteiger partial charge on any atom is -0.444 e. The largest absolute Gasteiger partial charge is 0.444 e. The Labute approximate surface area is 233 Å². The molecule has 1 fully saturated rings. The highest BCUT2D eigenvalue weighted by Crippen LogP contribution is 2.32. The second kappa shape index (κ2) is 12.8. The maximum Gasteiger partial charge on any atom is 0.421 e. The van der Waals surface area contributed by atoms with Crippen molar-refractivity contribution in [3.8, 4) is 11.3 Å². The Hall–Kier alpha value is -2.86. The molecule has 40 heavy (non-hydrogen) atoms. The van der Waals surface area contributed by atoms with Crippen molar-refractivity contribution in [3.05, 3.63) is 39.9 Å². The van der Waals surface area contributed by atoms with Crippen LogP contribution in [-0.2, 0) is 28.7 Å². The van der Waals surface area contributed by atoms with Crippen molar-refractivity contribution in [1.29, 1.82) is 0 Å². The third-order valence-corrected chi connectivity index (χ3v) is 6.45. The second-order valence-corrected chi connectivity index (χ2v) is 11.9. The van der Waals surface area contributed by atoms with Gasteiger partial charge < -0.3 is 23.8 Å². The number of hydrogen-bond acceptors (Lipinski definition) is 6. The summed E-state index contributed by atoms with van der Waals surface area (Å²) in [6.45, 7) is 11.1. The summed E-state index contributed by atoms with van der Waals surface area (Å²) in [7, 11) is 3.52. The first kappa shape index (κ1) is 31.7. The van der Waals surface area contributed by atoms with Gasteiger partial charge in [0.15, 0.2) is 0 Å². The average Bonchev–Trinajstić information content (AvgIpc) is 3.26. The Morgan fingerprint density at radius 3 is 2.45 bits per heavy atom. The number of likely N-dealkylation sites (N-methyl/N-ethyl adjacent to an activating group) is 2. The zero-order chi connectivity index (χ0) is 29.8. The molecule has 1 unspecified atom stereocenters. The lowest BCUT2D eigenvalue weighted by Crippen LogP contribution is -2.38. The summed E-state index contributed by atoms with van der Waals surface area (Å²) in [6.07, 6.45) is 0.381. The summed E-state index contributed by atoms with van der Waals surface area (Å²) >= 11 is 0. The maximum absolute atomic E-state index is 13.9. The molecule has 1 atom stereocenters. The van der Waals surface area contributed by atoms with Crippen LogP contribution >= 0.6 is 0 Å². The van der Waals surface area contributed by atoms with Gasteiger partial charge in [-0.3, -0.25) is 4.79 Å². The van der Waals surface area contributed by atoms with Gasteiger partial charge in [0.1, 0.15) is 17.4 Å². The molecule has 0 aromatic carbocycles. The summed E-state index contributed by atoms with van der Waals surface area (Å²) in [5.74, 6) is -0.0326. The summed E-state index contributed by atoms with van der Waals surface area (Å²) in [5, 5.41) is 4.69. The van der Waals surface area contributed by atoms with E-state index in [-0.39, 0.29) is 24.3 Å². The number of aromatic nitrogens is 3. The van der Waals surface area contributed by atoms with E-state index in [0.29, 0.717) is 37.5 Å². The molecule has 0 saturated carbocycles. The van der Waals surface area contributed by atoms with Gasteiger partial charge in [-0.15, -0.1) is 0 Å². The quantitative estimate of drug-likeness (QED) is 0.403. The van der Waals surface area contributed by atoms with Gasteiger partial charge in [0.05, 0.1) is 5.69 Å². The predicted octanol–water partition coefficient (Wildman–Crippen LogP) is 5.38. The third kappa shape index (κ3) is 8.57. The van der Waals surface area contributed by atoms with E-state index in [0.717, 1.165) is 29.9 Å². The third-order valence-electron chi connectivity index (χ3n) is 6.45. The Kier molecular flexibility index (Phi) is 10.1. The second-order valence-electron chi connectivity index (χ2n) is 11.9. The van der Waals surface area contributed by atoms with E-state index >= 15 is 0 Å². The summed E-state index contributed by atoms with van der Waals surface area (Å²) in [6, 6.07) is 0.896. The maximum atomic E-state index is 13.9. The molecule has 9 nitrogen and oxygen atoms in total. The minimum absolute atomic E-state index is 0.0326. The molecule has 2 aromatic rings. The van der Waals surface area contributed by atoms with Crippen LogP contribution in [0.3, 0.4) is 0 Å². The molecule has 1 aliphatic heterocycles. The van der Waals surface area contributed by atoms with Gasteiger partial charge in [0, 0.05) is 63.4 Å². The summed E-state index contributed by atoms with van der Waals surface area (Å²) in [5.41, 5.74) is -1.61. The molecular weight excluding hydrogens is 527 g/mol. The highest BCUT2D eigenvalue weighted by molar-refractivity contribution is 5.67. The standard InChI is InChI=1S/C28H42F3N5O4/c1-19(2)15-35-17-20(14-22(25(35)37)28(29,30)31)24-21(18-36(32-24)23-10-8-9-13-39-23)16-33(6)11-12-34(7)26(38)40-27(3,4)5/h14,17-19,23H,8-13,15-16H2,1-7H3. The fraction of sp³-hybridized carbons (Fsp3) is 0.679. The first-order chi connectivity index (χ1) is 18.5. The first-order valence-corrected chi connectivity index (χ1v) is 13.7. The van der Waals surface area contributed by atoms with Gasteiger partial charge in [-0.1, -0.05) is 13.8 Å². The van der Waals surface area contributed by atoms with Crippen LogP contribution in [0.2, 0.25) is 0 Å². The topological polar surface area (TPSA) is 81.8 Å². The molecule has 224 valence electrons. The SMILES string of the molecule is CC(C)Cn1cc(-c2nn(C3CCCCO3)cc2CN(C)CCN(C)C(=O)OC(C)(C)C)cc(C(F)(F)F)c1=O.